The van der Waals surface area contributed by atoms with Crippen LogP contribution in [0.25, 0.3) is 0 Å². The van der Waals surface area contributed by atoms with Crippen LogP contribution in [0.15, 0.2) is 30.6 Å². The summed E-state index contributed by atoms with van der Waals surface area (Å²) in [5, 5.41) is 0. The Labute approximate surface area is 149 Å². The minimum atomic E-state index is -1.30. The summed E-state index contributed by atoms with van der Waals surface area (Å²) in [6.07, 6.45) is 10.6. The van der Waals surface area contributed by atoms with E-state index < -0.39 is 6.42 Å². The van der Waals surface area contributed by atoms with Gasteiger partial charge in [-0.3, -0.25) is 4.98 Å². The smallest absolute Gasteiger partial charge is 0.265 e. The molecule has 1 aromatic rings. The van der Waals surface area contributed by atoms with Crippen LogP contribution in [0.3, 0.4) is 0 Å². The van der Waals surface area contributed by atoms with Crippen LogP contribution in [-0.2, 0) is 0 Å². The fourth-order valence-corrected chi connectivity index (χ4v) is 10.0. The third-order valence-corrected chi connectivity index (χ3v) is 12.3. The van der Waals surface area contributed by atoms with E-state index in [1.807, 2.05) is 18.2 Å². The van der Waals surface area contributed by atoms with Crippen LogP contribution >= 0.6 is 21.9 Å². The number of nitrogens with zero attached hydrogens (tertiary/aromatic N) is 4. The molecule has 0 aliphatic carbocycles. The van der Waals surface area contributed by atoms with Gasteiger partial charge in [0.25, 0.3) is 6.42 Å². The van der Waals surface area contributed by atoms with Crippen LogP contribution in [0.1, 0.15) is 38.5 Å². The molecule has 0 atom stereocenters. The molecule has 6 heteroatoms. The van der Waals surface area contributed by atoms with Gasteiger partial charge in [-0.2, -0.15) is 0 Å². The summed E-state index contributed by atoms with van der Waals surface area (Å²) in [7, 11) is 0. The summed E-state index contributed by atoms with van der Waals surface area (Å²) in [5.41, 5.74) is 0. The van der Waals surface area contributed by atoms with Crippen LogP contribution in [0.4, 0.5) is 0 Å². The molecule has 0 aromatic carbocycles. The Morgan fingerprint density at radius 2 is 0.957 bits per heavy atom. The van der Waals surface area contributed by atoms with Gasteiger partial charge in [-0.05, 0) is 50.7 Å². The van der Waals surface area contributed by atoms with E-state index in [4.69, 9.17) is 0 Å². The molecule has 0 spiro atoms. The molecule has 3 fully saturated rings. The molecular weight excluding hydrogens is 371 g/mol. The van der Waals surface area contributed by atoms with E-state index >= 15 is 0 Å². The first-order valence-corrected chi connectivity index (χ1v) is 12.7. The molecule has 128 valence electrons. The molecule has 0 amide bonds. The number of hydrogen-bond acceptors (Lipinski definition) is 4. The highest BCUT2D eigenvalue weighted by Crippen LogP contribution is 2.75. The summed E-state index contributed by atoms with van der Waals surface area (Å²) in [6.45, 7) is 7.87. The molecule has 3 aliphatic heterocycles. The normalized spacial score (nSPS) is 23.9. The SMILES string of the molecule is Br[P+](N1CCCC1)(N1CCCC1)N1CCCC1.c1ccncc1. The first kappa shape index (κ1) is 17.8. The van der Waals surface area contributed by atoms with Crippen molar-refractivity contribution in [2.75, 3.05) is 39.3 Å². The number of rotatable bonds is 3. The second-order valence-electron chi connectivity index (χ2n) is 6.50. The zero-order valence-corrected chi connectivity index (χ0v) is 16.5. The quantitative estimate of drug-likeness (QED) is 0.701. The zero-order valence-electron chi connectivity index (χ0n) is 14.0. The van der Waals surface area contributed by atoms with Crippen LogP contribution < -0.4 is 0 Å². The van der Waals surface area contributed by atoms with E-state index in [2.05, 4.69) is 34.5 Å². The van der Waals surface area contributed by atoms with Gasteiger partial charge in [-0.1, -0.05) is 6.07 Å². The molecule has 0 bridgehead atoms. The number of aromatic nitrogens is 1. The molecule has 0 unspecified atom stereocenters. The maximum absolute atomic E-state index is 4.25. The summed E-state index contributed by atoms with van der Waals surface area (Å²) in [6, 6.07) is 5.72. The largest absolute Gasteiger partial charge is 0.299 e. The predicted molar refractivity (Wildman–Crippen MR) is 103 cm³/mol. The van der Waals surface area contributed by atoms with Gasteiger partial charge < -0.3 is 0 Å². The number of halogens is 1. The van der Waals surface area contributed by atoms with E-state index in [0.717, 1.165) is 0 Å². The van der Waals surface area contributed by atoms with Gasteiger partial charge >= 0.3 is 0 Å². The summed E-state index contributed by atoms with van der Waals surface area (Å²) in [5.74, 6) is 0. The Balaban J connectivity index is 0.000000220. The van der Waals surface area contributed by atoms with Gasteiger partial charge in [0.2, 0.25) is 15.5 Å². The standard InChI is InChI=1S/C12H24BrN3P.C5H5N/c13-17(14-7-1-2-8-14,15-9-3-4-10-15)16-11-5-6-12-16;1-2-4-6-5-3-1/h1-12H2;1-5H/q+1;. The van der Waals surface area contributed by atoms with E-state index in [1.54, 1.807) is 12.4 Å². The lowest BCUT2D eigenvalue weighted by atomic mass is 10.4. The Kier molecular flexibility index (Phi) is 6.84. The van der Waals surface area contributed by atoms with Crippen LogP contribution in [0, 0.1) is 0 Å². The second kappa shape index (κ2) is 8.87. The first-order valence-electron chi connectivity index (χ1n) is 9.02. The van der Waals surface area contributed by atoms with Gasteiger partial charge in [0.15, 0.2) is 0 Å². The van der Waals surface area contributed by atoms with E-state index in [1.165, 1.54) is 77.8 Å². The number of pyridine rings is 1. The van der Waals surface area contributed by atoms with Crippen molar-refractivity contribution in [1.82, 2.24) is 19.0 Å². The van der Waals surface area contributed by atoms with Gasteiger partial charge in [0.05, 0.1) is 0 Å². The van der Waals surface area contributed by atoms with E-state index in [-0.39, 0.29) is 0 Å². The van der Waals surface area contributed by atoms with Crippen molar-refractivity contribution in [3.05, 3.63) is 30.6 Å². The molecule has 0 N–H and O–H groups in total. The lowest BCUT2D eigenvalue weighted by Gasteiger charge is -2.38. The highest BCUT2D eigenvalue weighted by Gasteiger charge is 2.57. The molecule has 23 heavy (non-hydrogen) atoms. The Hall–Kier alpha value is -0.0600. The van der Waals surface area contributed by atoms with Gasteiger partial charge in [-0.25, -0.2) is 0 Å². The third-order valence-electron chi connectivity index (χ3n) is 4.89. The van der Waals surface area contributed by atoms with E-state index in [9.17, 15) is 0 Å². The minimum Gasteiger partial charge on any atom is -0.265 e. The fraction of sp³-hybridized carbons (Fsp3) is 0.706. The summed E-state index contributed by atoms with van der Waals surface area (Å²) in [4.78, 5) is 3.78. The predicted octanol–water partition coefficient (Wildman–Crippen LogP) is 4.43. The molecule has 4 nitrogen and oxygen atoms in total. The van der Waals surface area contributed by atoms with Crippen LogP contribution in [0.5, 0.6) is 0 Å². The third kappa shape index (κ3) is 4.32. The Morgan fingerprint density at radius 3 is 1.17 bits per heavy atom. The van der Waals surface area contributed by atoms with Crippen LogP contribution in [0.2, 0.25) is 0 Å². The average molecular weight is 400 g/mol. The molecule has 3 saturated heterocycles. The van der Waals surface area contributed by atoms with Crippen LogP contribution in [-0.4, -0.2) is 58.3 Å². The lowest BCUT2D eigenvalue weighted by Crippen LogP contribution is -2.39. The van der Waals surface area contributed by atoms with Crippen molar-refractivity contribution in [2.24, 2.45) is 0 Å². The Bertz CT molecular complexity index is 376. The average Bonchev–Trinajstić information content (AvgIpc) is 3.40. The Morgan fingerprint density at radius 1 is 0.609 bits per heavy atom. The molecule has 3 aliphatic rings. The second-order valence-corrected chi connectivity index (χ2v) is 12.0. The van der Waals surface area contributed by atoms with Crippen molar-refractivity contribution in [3.63, 3.8) is 0 Å². The van der Waals surface area contributed by atoms with Crippen molar-refractivity contribution in [2.45, 2.75) is 38.5 Å². The lowest BCUT2D eigenvalue weighted by molar-refractivity contribution is 0.392. The molecular formula is C17H29BrN4P+. The summed E-state index contributed by atoms with van der Waals surface area (Å²) < 4.78 is 8.34. The van der Waals surface area contributed by atoms with Gasteiger partial charge in [0.1, 0.15) is 0 Å². The summed E-state index contributed by atoms with van der Waals surface area (Å²) >= 11 is 4.25. The van der Waals surface area contributed by atoms with Crippen molar-refractivity contribution >= 4 is 21.9 Å². The maximum Gasteiger partial charge on any atom is 0.299 e. The molecule has 4 rings (SSSR count). The first-order chi connectivity index (χ1) is 11.3. The monoisotopic (exact) mass is 399 g/mol. The highest BCUT2D eigenvalue weighted by atomic mass is 79.9. The maximum atomic E-state index is 4.25. The topological polar surface area (TPSA) is 22.6 Å². The van der Waals surface area contributed by atoms with Crippen molar-refractivity contribution < 1.29 is 0 Å². The molecule has 0 radical (unpaired) electrons. The van der Waals surface area contributed by atoms with Crippen molar-refractivity contribution in [3.8, 4) is 0 Å². The molecule has 1 aromatic heterocycles. The number of hydrogen-bond donors (Lipinski definition) is 0. The minimum absolute atomic E-state index is 1.30. The van der Waals surface area contributed by atoms with Crippen molar-refractivity contribution in [1.29, 1.82) is 0 Å². The molecule has 0 saturated carbocycles. The zero-order chi connectivity index (χ0) is 16.0. The van der Waals surface area contributed by atoms with Gasteiger partial charge in [-0.15, -0.1) is 14.0 Å². The van der Waals surface area contributed by atoms with Gasteiger partial charge in [0, 0.05) is 51.7 Å². The highest BCUT2D eigenvalue weighted by molar-refractivity contribution is 9.41. The fourth-order valence-electron chi connectivity index (χ4n) is 3.71. The molecule has 4 heterocycles. The van der Waals surface area contributed by atoms with E-state index in [0.29, 0.717) is 0 Å².